The van der Waals surface area contributed by atoms with Crippen molar-refractivity contribution in [2.45, 2.75) is 6.42 Å². The Balaban J connectivity index is 1.62. The fraction of sp³-hybridized carbons (Fsp3) is 0.0952. The van der Waals surface area contributed by atoms with E-state index in [0.717, 1.165) is 0 Å². The van der Waals surface area contributed by atoms with Gasteiger partial charge in [0.15, 0.2) is 11.5 Å². The lowest BCUT2D eigenvalue weighted by Gasteiger charge is -2.11. The molecule has 0 saturated heterocycles. The van der Waals surface area contributed by atoms with Crippen molar-refractivity contribution in [1.82, 2.24) is 0 Å². The third-order valence-electron chi connectivity index (χ3n) is 3.74. The number of amides is 1. The van der Waals surface area contributed by atoms with E-state index in [1.165, 1.54) is 6.07 Å². The van der Waals surface area contributed by atoms with Gasteiger partial charge >= 0.3 is 0 Å². The number of ether oxygens (including phenoxy) is 2. The van der Waals surface area contributed by atoms with Crippen molar-refractivity contribution in [3.63, 3.8) is 0 Å². The summed E-state index contributed by atoms with van der Waals surface area (Å²) in [6, 6.07) is 20.5. The predicted octanol–water partition coefficient (Wildman–Crippen LogP) is 4.81. The molecule has 0 spiro atoms. The topological polar surface area (TPSA) is 47.6 Å². The van der Waals surface area contributed by atoms with Gasteiger partial charge in [-0.25, -0.2) is 4.39 Å². The van der Waals surface area contributed by atoms with Gasteiger partial charge in [0.1, 0.15) is 11.6 Å². The molecule has 0 bridgehead atoms. The molecule has 0 fully saturated rings. The summed E-state index contributed by atoms with van der Waals surface area (Å²) in [5.74, 6) is 1.18. The number of para-hydroxylation sites is 2. The number of carbonyl (C=O) groups is 1. The van der Waals surface area contributed by atoms with Gasteiger partial charge in [-0.15, -0.1) is 0 Å². The van der Waals surface area contributed by atoms with Crippen molar-refractivity contribution in [2.75, 3.05) is 12.4 Å². The minimum absolute atomic E-state index is 0.0217. The molecule has 3 aromatic rings. The number of carbonyl (C=O) groups excluding carboxylic acids is 1. The van der Waals surface area contributed by atoms with Crippen LogP contribution in [0.5, 0.6) is 17.2 Å². The van der Waals surface area contributed by atoms with Crippen LogP contribution in [-0.4, -0.2) is 13.0 Å². The lowest BCUT2D eigenvalue weighted by atomic mass is 10.1. The first kappa shape index (κ1) is 17.5. The summed E-state index contributed by atoms with van der Waals surface area (Å²) in [7, 11) is 1.58. The molecule has 132 valence electrons. The van der Waals surface area contributed by atoms with Gasteiger partial charge < -0.3 is 14.8 Å². The quantitative estimate of drug-likeness (QED) is 0.693. The zero-order valence-corrected chi connectivity index (χ0v) is 14.2. The Morgan fingerprint density at radius 3 is 2.27 bits per heavy atom. The molecular weight excluding hydrogens is 333 g/mol. The van der Waals surface area contributed by atoms with Crippen LogP contribution in [0.25, 0.3) is 0 Å². The minimum Gasteiger partial charge on any atom is -0.493 e. The number of rotatable bonds is 6. The maximum atomic E-state index is 13.6. The van der Waals surface area contributed by atoms with Crippen LogP contribution in [-0.2, 0) is 11.2 Å². The molecule has 3 aromatic carbocycles. The molecule has 0 aliphatic carbocycles. The van der Waals surface area contributed by atoms with Crippen molar-refractivity contribution in [3.8, 4) is 17.2 Å². The van der Waals surface area contributed by atoms with E-state index >= 15 is 0 Å². The highest BCUT2D eigenvalue weighted by atomic mass is 19.1. The highest BCUT2D eigenvalue weighted by Gasteiger charge is 2.09. The van der Waals surface area contributed by atoms with Crippen LogP contribution in [0.3, 0.4) is 0 Å². The third-order valence-corrected chi connectivity index (χ3v) is 3.74. The van der Waals surface area contributed by atoms with Gasteiger partial charge in [0, 0.05) is 5.69 Å². The summed E-state index contributed by atoms with van der Waals surface area (Å²) in [5, 5.41) is 2.75. The average Bonchev–Trinajstić information content (AvgIpc) is 2.66. The largest absolute Gasteiger partial charge is 0.493 e. The summed E-state index contributed by atoms with van der Waals surface area (Å²) in [6.45, 7) is 0. The summed E-state index contributed by atoms with van der Waals surface area (Å²) in [6.07, 6.45) is -0.0217. The highest BCUT2D eigenvalue weighted by molar-refractivity contribution is 5.92. The first-order valence-corrected chi connectivity index (χ1v) is 8.10. The van der Waals surface area contributed by atoms with Gasteiger partial charge in [-0.3, -0.25) is 4.79 Å². The van der Waals surface area contributed by atoms with Gasteiger partial charge in [0.2, 0.25) is 5.91 Å². The molecule has 4 nitrogen and oxygen atoms in total. The predicted molar refractivity (Wildman–Crippen MR) is 98.2 cm³/mol. The van der Waals surface area contributed by atoms with Crippen molar-refractivity contribution >= 4 is 11.6 Å². The van der Waals surface area contributed by atoms with Crippen molar-refractivity contribution in [3.05, 3.63) is 84.2 Å². The van der Waals surface area contributed by atoms with E-state index in [1.807, 2.05) is 24.3 Å². The van der Waals surface area contributed by atoms with Crippen LogP contribution in [0.4, 0.5) is 10.1 Å². The second-order valence-corrected chi connectivity index (χ2v) is 5.59. The smallest absolute Gasteiger partial charge is 0.228 e. The van der Waals surface area contributed by atoms with E-state index in [9.17, 15) is 9.18 Å². The number of nitrogens with one attached hydrogen (secondary N) is 1. The van der Waals surface area contributed by atoms with Crippen molar-refractivity contribution < 1.29 is 18.7 Å². The summed E-state index contributed by atoms with van der Waals surface area (Å²) in [4.78, 5) is 12.1. The summed E-state index contributed by atoms with van der Waals surface area (Å²) < 4.78 is 24.6. The lowest BCUT2D eigenvalue weighted by Crippen LogP contribution is -2.15. The average molecular weight is 351 g/mol. The van der Waals surface area contributed by atoms with Gasteiger partial charge in [-0.05, 0) is 48.0 Å². The molecule has 0 unspecified atom stereocenters. The number of halogens is 1. The molecule has 1 amide bonds. The maximum absolute atomic E-state index is 13.6. The Morgan fingerprint density at radius 1 is 0.923 bits per heavy atom. The molecule has 0 saturated carbocycles. The molecule has 0 radical (unpaired) electrons. The number of anilines is 1. The summed E-state index contributed by atoms with van der Waals surface area (Å²) >= 11 is 0. The zero-order chi connectivity index (χ0) is 18.4. The third kappa shape index (κ3) is 4.39. The van der Waals surface area contributed by atoms with Crippen molar-refractivity contribution in [2.24, 2.45) is 0 Å². The molecule has 26 heavy (non-hydrogen) atoms. The van der Waals surface area contributed by atoms with E-state index in [-0.39, 0.29) is 18.1 Å². The SMILES string of the molecule is COc1ccccc1Oc1ccc(NC(=O)Cc2ccccc2F)cc1. The molecule has 0 aromatic heterocycles. The van der Waals surface area contributed by atoms with Crippen LogP contribution in [0.1, 0.15) is 5.56 Å². The van der Waals surface area contributed by atoms with E-state index in [1.54, 1.807) is 49.6 Å². The van der Waals surface area contributed by atoms with Gasteiger partial charge in [0.25, 0.3) is 0 Å². The van der Waals surface area contributed by atoms with Gasteiger partial charge in [-0.2, -0.15) is 0 Å². The van der Waals surface area contributed by atoms with Gasteiger partial charge in [0.05, 0.1) is 13.5 Å². The molecule has 3 rings (SSSR count). The zero-order valence-electron chi connectivity index (χ0n) is 14.2. The normalized spacial score (nSPS) is 10.2. The molecule has 0 aliphatic rings. The second kappa shape index (κ2) is 8.16. The number of methoxy groups -OCH3 is 1. The molecule has 5 heteroatoms. The first-order chi connectivity index (χ1) is 12.7. The molecular formula is C21H18FNO3. The van der Waals surface area contributed by atoms with E-state index < -0.39 is 0 Å². The summed E-state index contributed by atoms with van der Waals surface area (Å²) in [5.41, 5.74) is 0.972. The first-order valence-electron chi connectivity index (χ1n) is 8.10. The van der Waals surface area contributed by atoms with Crippen LogP contribution < -0.4 is 14.8 Å². The Labute approximate surface area is 151 Å². The Kier molecular flexibility index (Phi) is 5.49. The second-order valence-electron chi connectivity index (χ2n) is 5.59. The van der Waals surface area contributed by atoms with Gasteiger partial charge in [-0.1, -0.05) is 30.3 Å². The number of benzene rings is 3. The van der Waals surface area contributed by atoms with Crippen molar-refractivity contribution in [1.29, 1.82) is 0 Å². The van der Waals surface area contributed by atoms with Crippen LogP contribution in [0, 0.1) is 5.82 Å². The van der Waals surface area contributed by atoms with Crippen LogP contribution >= 0.6 is 0 Å². The fourth-order valence-corrected chi connectivity index (χ4v) is 2.46. The van der Waals surface area contributed by atoms with Crippen LogP contribution in [0.2, 0.25) is 0 Å². The Morgan fingerprint density at radius 2 is 1.58 bits per heavy atom. The monoisotopic (exact) mass is 351 g/mol. The molecule has 0 heterocycles. The molecule has 0 aliphatic heterocycles. The Bertz CT molecular complexity index is 894. The highest BCUT2D eigenvalue weighted by Crippen LogP contribution is 2.31. The lowest BCUT2D eigenvalue weighted by molar-refractivity contribution is -0.115. The van der Waals surface area contributed by atoms with E-state index in [4.69, 9.17) is 9.47 Å². The van der Waals surface area contributed by atoms with Crippen LogP contribution in [0.15, 0.2) is 72.8 Å². The molecule has 0 atom stereocenters. The van der Waals surface area contributed by atoms with E-state index in [0.29, 0.717) is 28.5 Å². The minimum atomic E-state index is -0.386. The van der Waals surface area contributed by atoms with E-state index in [2.05, 4.69) is 5.32 Å². The standard InChI is InChI=1S/C21H18FNO3/c1-25-19-8-4-5-9-20(19)26-17-12-10-16(11-13-17)23-21(24)14-15-6-2-3-7-18(15)22/h2-13H,14H2,1H3,(H,23,24). The Hall–Kier alpha value is -3.34. The fourth-order valence-electron chi connectivity index (χ4n) is 2.46. The maximum Gasteiger partial charge on any atom is 0.228 e. The number of hydrogen-bond donors (Lipinski definition) is 1. The number of hydrogen-bond acceptors (Lipinski definition) is 3. The molecule has 1 N–H and O–H groups in total.